The van der Waals surface area contributed by atoms with Gasteiger partial charge in [0.25, 0.3) is 0 Å². The van der Waals surface area contributed by atoms with Crippen LogP contribution >= 0.6 is 11.6 Å². The van der Waals surface area contributed by atoms with E-state index >= 15 is 0 Å². The van der Waals surface area contributed by atoms with Crippen LogP contribution in [0.15, 0.2) is 54.6 Å². The van der Waals surface area contributed by atoms with Crippen LogP contribution in [0.25, 0.3) is 10.8 Å². The van der Waals surface area contributed by atoms with Crippen LogP contribution in [0.3, 0.4) is 0 Å². The van der Waals surface area contributed by atoms with Gasteiger partial charge in [-0.2, -0.15) is 0 Å². The van der Waals surface area contributed by atoms with Gasteiger partial charge in [-0.1, -0.05) is 41.9 Å². The maximum absolute atomic E-state index is 11.3. The number of carboxylic acid groups (broad SMARTS) is 1. The van der Waals surface area contributed by atoms with Crippen molar-refractivity contribution in [2.45, 2.75) is 26.5 Å². The molecule has 0 aliphatic rings. The van der Waals surface area contributed by atoms with Gasteiger partial charge in [-0.3, -0.25) is 0 Å². The number of fused-ring (bicyclic) bond motifs is 1. The number of anilines is 1. The lowest BCUT2D eigenvalue weighted by Crippen LogP contribution is -2.10. The monoisotopic (exact) mass is 369 g/mol. The van der Waals surface area contributed by atoms with Crippen molar-refractivity contribution in [3.05, 3.63) is 70.7 Å². The molecule has 134 valence electrons. The molecule has 26 heavy (non-hydrogen) atoms. The number of rotatable bonds is 6. The molecule has 4 nitrogen and oxygen atoms in total. The third-order valence-electron chi connectivity index (χ3n) is 4.03. The van der Waals surface area contributed by atoms with Gasteiger partial charge in [-0.15, -0.1) is 0 Å². The van der Waals surface area contributed by atoms with E-state index in [-0.39, 0.29) is 16.7 Å². The van der Waals surface area contributed by atoms with Crippen molar-refractivity contribution in [2.75, 3.05) is 5.32 Å². The molecule has 0 amide bonds. The summed E-state index contributed by atoms with van der Waals surface area (Å²) in [5.74, 6) is -0.230. The molecule has 3 rings (SSSR count). The van der Waals surface area contributed by atoms with Crippen LogP contribution in [0.1, 0.15) is 29.8 Å². The standard InChI is InChI=1S/C21H20ClNO3/c1-13(2)26-20-10-7-14-5-3-4-6-16(14)18(20)12-23-15-8-9-19(22)17(11-15)21(24)25/h3-11,13,23H,12H2,1-2H3,(H,24,25). The van der Waals surface area contributed by atoms with Gasteiger partial charge in [0.2, 0.25) is 0 Å². The zero-order valence-corrected chi connectivity index (χ0v) is 15.4. The summed E-state index contributed by atoms with van der Waals surface area (Å²) < 4.78 is 5.97. The molecule has 0 aliphatic heterocycles. The van der Waals surface area contributed by atoms with E-state index in [1.165, 1.54) is 0 Å². The largest absolute Gasteiger partial charge is 0.491 e. The molecule has 0 spiro atoms. The second-order valence-electron chi connectivity index (χ2n) is 6.28. The highest BCUT2D eigenvalue weighted by atomic mass is 35.5. The first-order valence-corrected chi connectivity index (χ1v) is 8.77. The van der Waals surface area contributed by atoms with Gasteiger partial charge in [0, 0.05) is 17.8 Å². The van der Waals surface area contributed by atoms with Crippen molar-refractivity contribution in [3.8, 4) is 5.75 Å². The maximum atomic E-state index is 11.3. The third kappa shape index (κ3) is 3.92. The number of hydrogen-bond acceptors (Lipinski definition) is 3. The molecule has 2 N–H and O–H groups in total. The van der Waals surface area contributed by atoms with Gasteiger partial charge < -0.3 is 15.2 Å². The van der Waals surface area contributed by atoms with Gasteiger partial charge in [0.05, 0.1) is 16.7 Å². The molecule has 0 aliphatic carbocycles. The average molecular weight is 370 g/mol. The molecule has 0 aromatic heterocycles. The van der Waals surface area contributed by atoms with Crippen LogP contribution in [0.5, 0.6) is 5.75 Å². The summed E-state index contributed by atoms with van der Waals surface area (Å²) in [6, 6.07) is 17.0. The molecule has 0 heterocycles. The SMILES string of the molecule is CC(C)Oc1ccc2ccccc2c1CNc1ccc(Cl)c(C(=O)O)c1. The van der Waals surface area contributed by atoms with E-state index in [1.54, 1.807) is 18.2 Å². The Morgan fingerprint density at radius 3 is 2.65 bits per heavy atom. The van der Waals surface area contributed by atoms with Crippen molar-refractivity contribution in [3.63, 3.8) is 0 Å². The minimum Gasteiger partial charge on any atom is -0.491 e. The Bertz CT molecular complexity index is 953. The van der Waals surface area contributed by atoms with Crippen molar-refractivity contribution in [1.29, 1.82) is 0 Å². The molecular formula is C21H20ClNO3. The molecule has 0 unspecified atom stereocenters. The quantitative estimate of drug-likeness (QED) is 0.594. The summed E-state index contributed by atoms with van der Waals surface area (Å²) in [5.41, 5.74) is 1.80. The minimum atomic E-state index is -1.05. The molecule has 0 saturated carbocycles. The Balaban J connectivity index is 1.95. The molecular weight excluding hydrogens is 350 g/mol. The van der Waals surface area contributed by atoms with Crippen LogP contribution in [-0.2, 0) is 6.54 Å². The Labute approximate surface area is 157 Å². The topological polar surface area (TPSA) is 58.6 Å². The van der Waals surface area contributed by atoms with Gasteiger partial charge in [0.15, 0.2) is 0 Å². The highest BCUT2D eigenvalue weighted by Gasteiger charge is 2.12. The zero-order chi connectivity index (χ0) is 18.7. The molecule has 3 aromatic carbocycles. The van der Waals surface area contributed by atoms with Crippen molar-refractivity contribution < 1.29 is 14.6 Å². The van der Waals surface area contributed by atoms with Gasteiger partial charge >= 0.3 is 5.97 Å². The van der Waals surface area contributed by atoms with E-state index in [9.17, 15) is 9.90 Å². The minimum absolute atomic E-state index is 0.0593. The van der Waals surface area contributed by atoms with Crippen LogP contribution in [0.2, 0.25) is 5.02 Å². The van der Waals surface area contributed by atoms with Crippen LogP contribution in [0.4, 0.5) is 5.69 Å². The Hall–Kier alpha value is -2.72. The van der Waals surface area contributed by atoms with E-state index in [0.717, 1.165) is 22.1 Å². The number of aromatic carboxylic acids is 1. The molecule has 0 saturated heterocycles. The fourth-order valence-electron chi connectivity index (χ4n) is 2.85. The number of benzene rings is 3. The summed E-state index contributed by atoms with van der Waals surface area (Å²) in [5, 5.41) is 15.0. The molecule has 0 bridgehead atoms. The van der Waals surface area contributed by atoms with Crippen LogP contribution in [-0.4, -0.2) is 17.2 Å². The lowest BCUT2D eigenvalue weighted by atomic mass is 10.0. The maximum Gasteiger partial charge on any atom is 0.337 e. The number of carbonyl (C=O) groups is 1. The lowest BCUT2D eigenvalue weighted by molar-refractivity contribution is 0.0697. The fraction of sp³-hybridized carbons (Fsp3) is 0.190. The summed E-state index contributed by atoms with van der Waals surface area (Å²) >= 11 is 5.94. The van der Waals surface area contributed by atoms with E-state index < -0.39 is 5.97 Å². The molecule has 0 fully saturated rings. The molecule has 0 radical (unpaired) electrons. The number of carboxylic acids is 1. The van der Waals surface area contributed by atoms with E-state index in [4.69, 9.17) is 16.3 Å². The van der Waals surface area contributed by atoms with Crippen LogP contribution < -0.4 is 10.1 Å². The highest BCUT2D eigenvalue weighted by Crippen LogP contribution is 2.30. The van der Waals surface area contributed by atoms with Gasteiger partial charge in [0.1, 0.15) is 5.75 Å². The first-order valence-electron chi connectivity index (χ1n) is 8.39. The Kier molecular flexibility index (Phi) is 5.33. The Morgan fingerprint density at radius 1 is 1.15 bits per heavy atom. The first kappa shape index (κ1) is 18.1. The van der Waals surface area contributed by atoms with E-state index in [0.29, 0.717) is 12.2 Å². The summed E-state index contributed by atoms with van der Waals surface area (Å²) in [6.07, 6.45) is 0.0593. The normalized spacial score (nSPS) is 10.9. The van der Waals surface area contributed by atoms with Crippen molar-refractivity contribution in [1.82, 2.24) is 0 Å². The predicted octanol–water partition coefficient (Wildman–Crippen LogP) is 5.59. The second kappa shape index (κ2) is 7.67. The number of hydrogen-bond donors (Lipinski definition) is 2. The summed E-state index contributed by atoms with van der Waals surface area (Å²) in [4.78, 5) is 11.3. The molecule has 5 heteroatoms. The van der Waals surface area contributed by atoms with Gasteiger partial charge in [-0.25, -0.2) is 4.79 Å². The van der Waals surface area contributed by atoms with Crippen molar-refractivity contribution in [2.24, 2.45) is 0 Å². The predicted molar refractivity (Wildman–Crippen MR) is 105 cm³/mol. The third-order valence-corrected chi connectivity index (χ3v) is 4.36. The van der Waals surface area contributed by atoms with E-state index in [1.807, 2.05) is 38.1 Å². The number of halogens is 1. The smallest absolute Gasteiger partial charge is 0.337 e. The molecule has 0 atom stereocenters. The first-order chi connectivity index (χ1) is 12.5. The van der Waals surface area contributed by atoms with Crippen molar-refractivity contribution >= 4 is 34.0 Å². The fourth-order valence-corrected chi connectivity index (χ4v) is 3.05. The lowest BCUT2D eigenvalue weighted by Gasteiger charge is -2.17. The number of nitrogens with one attached hydrogen (secondary N) is 1. The van der Waals surface area contributed by atoms with E-state index in [2.05, 4.69) is 17.4 Å². The Morgan fingerprint density at radius 2 is 1.92 bits per heavy atom. The highest BCUT2D eigenvalue weighted by molar-refractivity contribution is 6.33. The summed E-state index contributed by atoms with van der Waals surface area (Å²) in [7, 11) is 0. The molecule has 3 aromatic rings. The number of ether oxygens (including phenoxy) is 1. The zero-order valence-electron chi connectivity index (χ0n) is 14.6. The second-order valence-corrected chi connectivity index (χ2v) is 6.69. The van der Waals surface area contributed by atoms with Gasteiger partial charge in [-0.05, 0) is 48.9 Å². The summed E-state index contributed by atoms with van der Waals surface area (Å²) in [6.45, 7) is 4.49. The average Bonchev–Trinajstić information content (AvgIpc) is 2.61. The van der Waals surface area contributed by atoms with Crippen LogP contribution in [0, 0.1) is 0 Å².